The summed E-state index contributed by atoms with van der Waals surface area (Å²) in [4.78, 5) is 58.5. The summed E-state index contributed by atoms with van der Waals surface area (Å²) in [6, 6.07) is 24.8. The minimum atomic E-state index is -0.794. The van der Waals surface area contributed by atoms with Gasteiger partial charge in [-0.2, -0.15) is 0 Å². The molecule has 0 fully saturated rings. The first-order valence-corrected chi connectivity index (χ1v) is 14.7. The van der Waals surface area contributed by atoms with Gasteiger partial charge in [-0.05, 0) is 75.9 Å². The summed E-state index contributed by atoms with van der Waals surface area (Å²) in [6.45, 7) is 9.88. The molecule has 0 radical (unpaired) electrons. The molecule has 0 aliphatic carbocycles. The fraction of sp³-hybridized carbons (Fsp3) is 0.371. The summed E-state index contributed by atoms with van der Waals surface area (Å²) < 4.78 is 0. The fourth-order valence-electron chi connectivity index (χ4n) is 6.18. The summed E-state index contributed by atoms with van der Waals surface area (Å²) in [7, 11) is 0. The van der Waals surface area contributed by atoms with Crippen molar-refractivity contribution in [3.05, 3.63) is 107 Å². The number of hydrogen-bond acceptors (Lipinski definition) is 5. The van der Waals surface area contributed by atoms with Gasteiger partial charge in [0, 0.05) is 37.3 Å². The van der Waals surface area contributed by atoms with E-state index in [1.54, 1.807) is 12.1 Å². The van der Waals surface area contributed by atoms with E-state index in [2.05, 4.69) is 17.0 Å². The SMILES string of the molecule is CC1(C)C(=O)N(CCCN(CCc2ccccc2)CCN2C(=O)c3ccccc3C(C)(C)C2=O)C(=O)c2ccccc21. The Kier molecular flexibility index (Phi) is 8.15. The molecule has 0 saturated heterocycles. The van der Waals surface area contributed by atoms with Crippen LogP contribution >= 0.6 is 0 Å². The van der Waals surface area contributed by atoms with Gasteiger partial charge >= 0.3 is 0 Å². The van der Waals surface area contributed by atoms with Crippen molar-refractivity contribution in [1.82, 2.24) is 14.7 Å². The van der Waals surface area contributed by atoms with Gasteiger partial charge in [0.25, 0.3) is 11.8 Å². The molecule has 4 amide bonds. The van der Waals surface area contributed by atoms with Crippen molar-refractivity contribution >= 4 is 23.6 Å². The molecule has 7 heteroatoms. The molecular formula is C35H39N3O4. The van der Waals surface area contributed by atoms with Crippen LogP contribution in [0.1, 0.15) is 71.5 Å². The number of fused-ring (bicyclic) bond motifs is 2. The Balaban J connectivity index is 1.29. The zero-order valence-electron chi connectivity index (χ0n) is 24.9. The predicted octanol–water partition coefficient (Wildman–Crippen LogP) is 4.84. The van der Waals surface area contributed by atoms with Crippen LogP contribution in [0.25, 0.3) is 0 Å². The molecule has 0 saturated carbocycles. The smallest absolute Gasteiger partial charge is 0.260 e. The molecule has 3 aromatic rings. The maximum atomic E-state index is 13.5. The molecule has 5 rings (SSSR count). The molecule has 2 aliphatic heterocycles. The van der Waals surface area contributed by atoms with Crippen LogP contribution in [0, 0.1) is 0 Å². The summed E-state index contributed by atoms with van der Waals surface area (Å²) in [5.74, 6) is -0.897. The van der Waals surface area contributed by atoms with Crippen molar-refractivity contribution in [3.63, 3.8) is 0 Å². The fourth-order valence-corrected chi connectivity index (χ4v) is 6.18. The molecule has 2 aliphatic rings. The van der Waals surface area contributed by atoms with Crippen molar-refractivity contribution in [2.45, 2.75) is 51.4 Å². The third-order valence-corrected chi connectivity index (χ3v) is 8.77. The number of rotatable bonds is 10. The van der Waals surface area contributed by atoms with Crippen LogP contribution < -0.4 is 0 Å². The van der Waals surface area contributed by atoms with E-state index in [0.717, 1.165) is 24.1 Å². The monoisotopic (exact) mass is 565 g/mol. The summed E-state index contributed by atoms with van der Waals surface area (Å²) in [5, 5.41) is 0. The average Bonchev–Trinajstić information content (AvgIpc) is 3.00. The van der Waals surface area contributed by atoms with Gasteiger partial charge in [-0.3, -0.25) is 29.0 Å². The molecule has 2 heterocycles. The molecule has 7 nitrogen and oxygen atoms in total. The average molecular weight is 566 g/mol. The van der Waals surface area contributed by atoms with Gasteiger partial charge in [0.2, 0.25) is 11.8 Å². The van der Waals surface area contributed by atoms with Gasteiger partial charge in [0.1, 0.15) is 0 Å². The Bertz CT molecular complexity index is 1510. The Morgan fingerprint density at radius 1 is 0.571 bits per heavy atom. The first-order chi connectivity index (χ1) is 20.0. The van der Waals surface area contributed by atoms with Crippen molar-refractivity contribution in [1.29, 1.82) is 0 Å². The number of benzene rings is 3. The lowest BCUT2D eigenvalue weighted by Gasteiger charge is -2.38. The minimum Gasteiger partial charge on any atom is -0.301 e. The molecule has 0 bridgehead atoms. The van der Waals surface area contributed by atoms with Crippen LogP contribution in [0.4, 0.5) is 0 Å². The third kappa shape index (κ3) is 5.41. The van der Waals surface area contributed by atoms with Gasteiger partial charge < -0.3 is 4.90 Å². The zero-order valence-corrected chi connectivity index (χ0v) is 24.9. The molecule has 0 N–H and O–H groups in total. The molecule has 0 unspecified atom stereocenters. The van der Waals surface area contributed by atoms with Gasteiger partial charge in [-0.1, -0.05) is 66.7 Å². The van der Waals surface area contributed by atoms with Crippen LogP contribution in [0.2, 0.25) is 0 Å². The first kappa shape index (κ1) is 29.4. The minimum absolute atomic E-state index is 0.188. The van der Waals surface area contributed by atoms with Gasteiger partial charge in [0.05, 0.1) is 10.8 Å². The highest BCUT2D eigenvalue weighted by Crippen LogP contribution is 2.35. The predicted molar refractivity (Wildman–Crippen MR) is 162 cm³/mol. The van der Waals surface area contributed by atoms with Gasteiger partial charge in [-0.25, -0.2) is 0 Å². The van der Waals surface area contributed by atoms with Crippen LogP contribution in [0.5, 0.6) is 0 Å². The number of carbonyl (C=O) groups excluding carboxylic acids is 4. The Labute approximate surface area is 248 Å². The number of nitrogens with zero attached hydrogens (tertiary/aromatic N) is 3. The van der Waals surface area contributed by atoms with Crippen molar-refractivity contribution in [3.8, 4) is 0 Å². The molecular weight excluding hydrogens is 526 g/mol. The Morgan fingerprint density at radius 3 is 1.60 bits per heavy atom. The van der Waals surface area contributed by atoms with Crippen molar-refractivity contribution in [2.24, 2.45) is 0 Å². The van der Waals surface area contributed by atoms with E-state index < -0.39 is 10.8 Å². The number of carbonyl (C=O) groups is 4. The van der Waals surface area contributed by atoms with E-state index in [9.17, 15) is 19.2 Å². The van der Waals surface area contributed by atoms with Crippen LogP contribution in [0.3, 0.4) is 0 Å². The van der Waals surface area contributed by atoms with E-state index in [4.69, 9.17) is 0 Å². The zero-order chi connectivity index (χ0) is 30.1. The van der Waals surface area contributed by atoms with Crippen LogP contribution in [0.15, 0.2) is 78.9 Å². The number of imide groups is 2. The normalized spacial score (nSPS) is 17.5. The van der Waals surface area contributed by atoms with Gasteiger partial charge in [0.15, 0.2) is 0 Å². The Morgan fingerprint density at radius 2 is 1.05 bits per heavy atom. The van der Waals surface area contributed by atoms with E-state index >= 15 is 0 Å². The Hall–Kier alpha value is -4.10. The summed E-state index contributed by atoms with van der Waals surface area (Å²) >= 11 is 0. The summed E-state index contributed by atoms with van der Waals surface area (Å²) in [5.41, 5.74) is 2.30. The highest BCUT2D eigenvalue weighted by molar-refractivity contribution is 6.13. The molecule has 218 valence electrons. The second-order valence-corrected chi connectivity index (χ2v) is 12.3. The standard InChI is InChI=1S/C35H39N3O4/c1-34(2)28-17-10-8-15-26(28)30(39)37(32(34)41)21-12-20-36(22-19-25-13-6-5-7-14-25)23-24-38-31(40)27-16-9-11-18-29(27)35(3,4)33(38)42/h5-11,13-18H,12,19-24H2,1-4H3. The van der Waals surface area contributed by atoms with Gasteiger partial charge in [-0.15, -0.1) is 0 Å². The lowest BCUT2D eigenvalue weighted by atomic mass is 9.77. The second kappa shape index (κ2) is 11.6. The van der Waals surface area contributed by atoms with Crippen LogP contribution in [-0.2, 0) is 26.8 Å². The van der Waals surface area contributed by atoms with E-state index in [0.29, 0.717) is 37.2 Å². The second-order valence-electron chi connectivity index (χ2n) is 12.3. The molecule has 0 aromatic heterocycles. The third-order valence-electron chi connectivity index (χ3n) is 8.77. The van der Waals surface area contributed by atoms with E-state index in [1.165, 1.54) is 15.4 Å². The molecule has 42 heavy (non-hydrogen) atoms. The van der Waals surface area contributed by atoms with E-state index in [1.807, 2.05) is 82.3 Å². The maximum absolute atomic E-state index is 13.5. The van der Waals surface area contributed by atoms with Crippen LogP contribution in [-0.4, -0.2) is 71.1 Å². The van der Waals surface area contributed by atoms with E-state index in [-0.39, 0.29) is 30.2 Å². The quantitative estimate of drug-likeness (QED) is 0.329. The highest BCUT2D eigenvalue weighted by Gasteiger charge is 2.45. The summed E-state index contributed by atoms with van der Waals surface area (Å²) in [6.07, 6.45) is 1.39. The molecule has 3 aromatic carbocycles. The number of amides is 4. The lowest BCUT2D eigenvalue weighted by molar-refractivity contribution is -0.135. The lowest BCUT2D eigenvalue weighted by Crippen LogP contribution is -2.54. The highest BCUT2D eigenvalue weighted by atomic mass is 16.2. The first-order valence-electron chi connectivity index (χ1n) is 14.7. The largest absolute Gasteiger partial charge is 0.301 e. The molecule has 0 spiro atoms. The topological polar surface area (TPSA) is 78.0 Å². The molecule has 0 atom stereocenters. The van der Waals surface area contributed by atoms with Crippen molar-refractivity contribution in [2.75, 3.05) is 32.7 Å². The van der Waals surface area contributed by atoms with Crippen molar-refractivity contribution < 1.29 is 19.2 Å². The maximum Gasteiger partial charge on any atom is 0.260 e. The number of hydrogen-bond donors (Lipinski definition) is 0.